The van der Waals surface area contributed by atoms with E-state index in [2.05, 4.69) is 10.2 Å². The molecule has 0 aromatic heterocycles. The van der Waals surface area contributed by atoms with Gasteiger partial charge >= 0.3 is 0 Å². The molecule has 1 aliphatic rings. The maximum Gasteiger partial charge on any atom is 0.290 e. The van der Waals surface area contributed by atoms with E-state index in [4.69, 9.17) is 15.0 Å². The number of nitrogens with one attached hydrogen (secondary N) is 1. The summed E-state index contributed by atoms with van der Waals surface area (Å²) in [5.41, 5.74) is 0. The predicted molar refractivity (Wildman–Crippen MR) is 76.3 cm³/mol. The Balaban J connectivity index is 0.000000982. The molecular formula is C12H24N2O4S. The van der Waals surface area contributed by atoms with Gasteiger partial charge in [0.25, 0.3) is 6.47 Å². The van der Waals surface area contributed by atoms with Gasteiger partial charge in [0.1, 0.15) is 0 Å². The summed E-state index contributed by atoms with van der Waals surface area (Å²) in [6.07, 6.45) is 4.19. The quantitative estimate of drug-likeness (QED) is 0.591. The Morgan fingerprint density at radius 2 is 2.05 bits per heavy atom. The number of β-amino-alcohol motifs (C(OH)–C–C–N with tert-alkyl or cyclic N) is 1. The highest BCUT2D eigenvalue weighted by atomic mass is 32.2. The molecule has 0 spiro atoms. The van der Waals surface area contributed by atoms with Gasteiger partial charge in [-0.3, -0.25) is 9.59 Å². The van der Waals surface area contributed by atoms with Gasteiger partial charge < -0.3 is 20.4 Å². The number of carbonyl (C=O) groups excluding carboxylic acids is 1. The highest BCUT2D eigenvalue weighted by Gasteiger charge is 2.18. The Morgan fingerprint density at radius 3 is 2.53 bits per heavy atom. The monoisotopic (exact) mass is 292 g/mol. The van der Waals surface area contributed by atoms with Crippen LogP contribution in [0.5, 0.6) is 0 Å². The molecule has 1 fully saturated rings. The number of likely N-dealkylation sites (tertiary alicyclic amines) is 1. The van der Waals surface area contributed by atoms with Gasteiger partial charge in [0.05, 0.1) is 12.4 Å². The molecule has 1 amide bonds. The topological polar surface area (TPSA) is 89.9 Å². The van der Waals surface area contributed by atoms with Gasteiger partial charge in [0.2, 0.25) is 5.91 Å². The lowest BCUT2D eigenvalue weighted by Gasteiger charge is -2.31. The molecule has 1 heterocycles. The van der Waals surface area contributed by atoms with Crippen LogP contribution in [-0.4, -0.2) is 72.3 Å². The minimum absolute atomic E-state index is 0.144. The normalized spacial score (nSPS) is 16.3. The molecule has 0 saturated carbocycles. The van der Waals surface area contributed by atoms with Crippen molar-refractivity contribution in [1.82, 2.24) is 10.2 Å². The zero-order valence-electron chi connectivity index (χ0n) is 11.4. The number of carbonyl (C=O) groups is 2. The number of hydrogen-bond donors (Lipinski definition) is 3. The number of thioether (sulfide) groups is 1. The Labute approximate surface area is 118 Å². The summed E-state index contributed by atoms with van der Waals surface area (Å²) >= 11 is 1.56. The minimum atomic E-state index is -0.250. The largest absolute Gasteiger partial charge is 0.483 e. The highest BCUT2D eigenvalue weighted by Crippen LogP contribution is 2.15. The maximum absolute atomic E-state index is 11.3. The molecule has 112 valence electrons. The van der Waals surface area contributed by atoms with Gasteiger partial charge in [-0.15, -0.1) is 0 Å². The van der Waals surface area contributed by atoms with Crippen LogP contribution in [0.15, 0.2) is 0 Å². The van der Waals surface area contributed by atoms with E-state index in [1.807, 2.05) is 6.26 Å². The van der Waals surface area contributed by atoms with Gasteiger partial charge in [-0.05, 0) is 38.1 Å². The molecule has 0 unspecified atom stereocenters. The van der Waals surface area contributed by atoms with Crippen molar-refractivity contribution in [3.05, 3.63) is 0 Å². The van der Waals surface area contributed by atoms with Crippen molar-refractivity contribution in [2.24, 2.45) is 5.92 Å². The van der Waals surface area contributed by atoms with Crippen molar-refractivity contribution in [2.75, 3.05) is 44.8 Å². The van der Waals surface area contributed by atoms with Crippen LogP contribution in [0, 0.1) is 5.92 Å². The second kappa shape index (κ2) is 12.3. The van der Waals surface area contributed by atoms with Gasteiger partial charge in [-0.1, -0.05) is 0 Å². The summed E-state index contributed by atoms with van der Waals surface area (Å²) in [5, 5.41) is 18.7. The van der Waals surface area contributed by atoms with Crippen LogP contribution in [0.3, 0.4) is 0 Å². The number of piperidine rings is 1. The molecule has 0 bridgehead atoms. The van der Waals surface area contributed by atoms with Crippen molar-refractivity contribution in [3.63, 3.8) is 0 Å². The van der Waals surface area contributed by atoms with E-state index in [0.29, 0.717) is 11.7 Å². The van der Waals surface area contributed by atoms with Crippen LogP contribution >= 0.6 is 11.8 Å². The smallest absolute Gasteiger partial charge is 0.290 e. The third-order valence-corrected chi connectivity index (χ3v) is 3.54. The van der Waals surface area contributed by atoms with Gasteiger partial charge in [0, 0.05) is 13.1 Å². The first-order valence-electron chi connectivity index (χ1n) is 6.34. The third-order valence-electron chi connectivity index (χ3n) is 2.99. The van der Waals surface area contributed by atoms with Crippen LogP contribution in [0.25, 0.3) is 0 Å². The number of aliphatic hydroxyl groups excluding tert-OH is 1. The lowest BCUT2D eigenvalue weighted by molar-refractivity contribution is -0.123. The number of aliphatic hydroxyl groups is 1. The second-order valence-electron chi connectivity index (χ2n) is 4.35. The van der Waals surface area contributed by atoms with E-state index >= 15 is 0 Å². The van der Waals surface area contributed by atoms with Crippen molar-refractivity contribution >= 4 is 24.1 Å². The summed E-state index contributed by atoms with van der Waals surface area (Å²) in [5.74, 6) is 1.31. The van der Waals surface area contributed by atoms with Crippen molar-refractivity contribution in [3.8, 4) is 0 Å². The molecule has 1 aliphatic heterocycles. The first kappa shape index (κ1) is 18.2. The van der Waals surface area contributed by atoms with Crippen LogP contribution in [0.2, 0.25) is 0 Å². The summed E-state index contributed by atoms with van der Waals surface area (Å²) in [7, 11) is 0. The zero-order chi connectivity index (χ0) is 14.5. The van der Waals surface area contributed by atoms with E-state index in [1.54, 1.807) is 11.8 Å². The highest BCUT2D eigenvalue weighted by molar-refractivity contribution is 7.99. The molecule has 0 aromatic carbocycles. The standard InChI is InChI=1S/C11H22N2O2S.CH2O2/c1-16-9-11(15)12-8-10-2-4-13(5-3-10)6-7-14;2-1-3/h10,14H,2-9H2,1H3,(H,12,15);1H,(H,2,3). The lowest BCUT2D eigenvalue weighted by Crippen LogP contribution is -2.40. The summed E-state index contributed by atoms with van der Waals surface area (Å²) in [6.45, 7) is 3.68. The van der Waals surface area contributed by atoms with Crippen LogP contribution in [0.4, 0.5) is 0 Å². The fraction of sp³-hybridized carbons (Fsp3) is 0.833. The third kappa shape index (κ3) is 9.75. The number of hydrogen-bond acceptors (Lipinski definition) is 5. The number of nitrogens with zero attached hydrogens (tertiary/aromatic N) is 1. The van der Waals surface area contributed by atoms with Crippen LogP contribution < -0.4 is 5.32 Å². The van der Waals surface area contributed by atoms with Crippen molar-refractivity contribution < 1.29 is 19.8 Å². The van der Waals surface area contributed by atoms with E-state index in [1.165, 1.54) is 0 Å². The Morgan fingerprint density at radius 1 is 1.47 bits per heavy atom. The fourth-order valence-electron chi connectivity index (χ4n) is 2.00. The fourth-order valence-corrected chi connectivity index (χ4v) is 2.36. The van der Waals surface area contributed by atoms with Gasteiger partial charge in [0.15, 0.2) is 0 Å². The Kier molecular flexibility index (Phi) is 11.7. The second-order valence-corrected chi connectivity index (χ2v) is 5.22. The van der Waals surface area contributed by atoms with Crippen molar-refractivity contribution in [2.45, 2.75) is 12.8 Å². The van der Waals surface area contributed by atoms with Crippen molar-refractivity contribution in [1.29, 1.82) is 0 Å². The van der Waals surface area contributed by atoms with Gasteiger partial charge in [-0.25, -0.2) is 0 Å². The maximum atomic E-state index is 11.3. The Hall–Kier alpha value is -0.790. The summed E-state index contributed by atoms with van der Waals surface area (Å²) in [6, 6.07) is 0. The molecule has 1 saturated heterocycles. The average Bonchev–Trinajstić information content (AvgIpc) is 2.40. The van der Waals surface area contributed by atoms with Gasteiger partial charge in [-0.2, -0.15) is 11.8 Å². The van der Waals surface area contributed by atoms with E-state index < -0.39 is 0 Å². The Bertz CT molecular complexity index is 246. The van der Waals surface area contributed by atoms with Crippen LogP contribution in [-0.2, 0) is 9.59 Å². The molecule has 0 atom stereocenters. The molecule has 0 radical (unpaired) electrons. The number of rotatable bonds is 6. The molecule has 3 N–H and O–H groups in total. The first-order valence-corrected chi connectivity index (χ1v) is 7.74. The molecule has 1 rings (SSSR count). The van der Waals surface area contributed by atoms with E-state index in [9.17, 15) is 4.79 Å². The first-order chi connectivity index (χ1) is 9.17. The van der Waals surface area contributed by atoms with Crippen LogP contribution in [0.1, 0.15) is 12.8 Å². The number of amides is 1. The molecule has 0 aliphatic carbocycles. The number of carboxylic acid groups (broad SMARTS) is 1. The minimum Gasteiger partial charge on any atom is -0.483 e. The predicted octanol–water partition coefficient (Wildman–Crippen LogP) is -0.129. The summed E-state index contributed by atoms with van der Waals surface area (Å²) in [4.78, 5) is 21.9. The summed E-state index contributed by atoms with van der Waals surface area (Å²) < 4.78 is 0. The SMILES string of the molecule is CSCC(=O)NCC1CCN(CCO)CC1.O=CO. The molecular weight excluding hydrogens is 268 g/mol. The lowest BCUT2D eigenvalue weighted by atomic mass is 9.97. The van der Waals surface area contributed by atoms with E-state index in [-0.39, 0.29) is 19.0 Å². The zero-order valence-corrected chi connectivity index (χ0v) is 12.2. The van der Waals surface area contributed by atoms with E-state index in [0.717, 1.165) is 39.0 Å². The molecule has 19 heavy (non-hydrogen) atoms. The molecule has 6 nitrogen and oxygen atoms in total. The average molecular weight is 292 g/mol. The molecule has 7 heteroatoms. The molecule has 0 aromatic rings.